The van der Waals surface area contributed by atoms with Gasteiger partial charge >= 0.3 is 5.91 Å². The van der Waals surface area contributed by atoms with Gasteiger partial charge in [-0.1, -0.05) is 38.5 Å². The second-order valence-electron chi connectivity index (χ2n) is 6.58. The van der Waals surface area contributed by atoms with Gasteiger partial charge in [-0.05, 0) is 25.7 Å². The van der Waals surface area contributed by atoms with Gasteiger partial charge in [0.25, 0.3) is 5.54 Å². The van der Waals surface area contributed by atoms with E-state index in [1.807, 2.05) is 0 Å². The molecule has 0 radical (unpaired) electrons. The third-order valence-corrected chi connectivity index (χ3v) is 5.54. The Bertz CT molecular complexity index is 341. The number of amides is 1. The molecule has 1 aliphatic heterocycles. The van der Waals surface area contributed by atoms with Crippen molar-refractivity contribution in [2.45, 2.75) is 76.7 Å². The lowest BCUT2D eigenvalue weighted by molar-refractivity contribution is -0.450. The van der Waals surface area contributed by atoms with Crippen LogP contribution in [0.3, 0.4) is 0 Å². The molecule has 0 aromatic carbocycles. The highest BCUT2D eigenvalue weighted by atomic mass is 16.2. The molecule has 3 rings (SSSR count). The molecule has 2 nitrogen and oxygen atoms in total. The molecule has 3 aliphatic rings. The molecule has 0 unspecified atom stereocenters. The molecule has 2 heteroatoms. The van der Waals surface area contributed by atoms with Crippen molar-refractivity contribution in [2.24, 2.45) is 11.8 Å². The maximum Gasteiger partial charge on any atom is 0.384 e. The summed E-state index contributed by atoms with van der Waals surface area (Å²) in [5.74, 6) is 1.79. The molecule has 2 saturated carbocycles. The Morgan fingerprint density at radius 3 is 1.72 bits per heavy atom. The Morgan fingerprint density at radius 2 is 1.39 bits per heavy atom. The monoisotopic (exact) mass is 248 g/mol. The number of nitrogens with zero attached hydrogens (tertiary/aromatic N) is 1. The normalized spacial score (nSPS) is 28.8. The summed E-state index contributed by atoms with van der Waals surface area (Å²) in [6.45, 7) is 1.74. The summed E-state index contributed by atoms with van der Waals surface area (Å²) in [7, 11) is 0. The van der Waals surface area contributed by atoms with E-state index in [1.165, 1.54) is 64.2 Å². The molecule has 18 heavy (non-hydrogen) atoms. The van der Waals surface area contributed by atoms with E-state index in [2.05, 4.69) is 10.8 Å². The first-order valence-electron chi connectivity index (χ1n) is 7.91. The van der Waals surface area contributed by atoms with Crippen molar-refractivity contribution < 1.29 is 9.37 Å². The van der Waals surface area contributed by atoms with Crippen LogP contribution in [0, 0.1) is 11.8 Å². The Kier molecular flexibility index (Phi) is 3.29. The second kappa shape index (κ2) is 4.79. The van der Waals surface area contributed by atoms with E-state index in [-0.39, 0.29) is 11.4 Å². The van der Waals surface area contributed by atoms with E-state index in [0.29, 0.717) is 0 Å². The molecular formula is C16H26NO+. The number of carbonyl (C=O) groups is 1. The van der Waals surface area contributed by atoms with E-state index >= 15 is 0 Å². The zero-order valence-electron chi connectivity index (χ0n) is 11.7. The molecule has 2 aliphatic carbocycles. The Hall–Kier alpha value is -0.660. The molecule has 0 saturated heterocycles. The van der Waals surface area contributed by atoms with Crippen LogP contribution >= 0.6 is 0 Å². The number of rotatable bonds is 2. The maximum atomic E-state index is 11.8. The minimum atomic E-state index is 0.187. The molecule has 0 aromatic heterocycles. The lowest BCUT2D eigenvalue weighted by atomic mass is 9.68. The number of hydrogen-bond donors (Lipinski definition) is 0. The van der Waals surface area contributed by atoms with Crippen LogP contribution in [0.2, 0.25) is 0 Å². The average Bonchev–Trinajstić information content (AvgIpc) is 3.18. The Labute approximate surface area is 110 Å². The van der Waals surface area contributed by atoms with E-state index in [9.17, 15) is 4.79 Å². The Morgan fingerprint density at radius 1 is 0.944 bits per heavy atom. The minimum absolute atomic E-state index is 0.187. The fourth-order valence-electron chi connectivity index (χ4n) is 4.61. The molecule has 0 N–H and O–H groups in total. The molecule has 100 valence electrons. The standard InChI is InChI=1S/C16H26NO/c1-13(18)17-12-16(17,14-8-4-2-5-9-14)15-10-6-3-7-11-15/h12,14-15H,2-11H2,1H3/q+1. The molecular weight excluding hydrogens is 222 g/mol. The van der Waals surface area contributed by atoms with Crippen molar-refractivity contribution in [2.75, 3.05) is 0 Å². The predicted molar refractivity (Wildman–Crippen MR) is 72.9 cm³/mol. The van der Waals surface area contributed by atoms with Gasteiger partial charge in [0.05, 0.1) is 6.92 Å². The van der Waals surface area contributed by atoms with Crippen molar-refractivity contribution in [3.05, 3.63) is 0 Å². The molecule has 1 amide bonds. The lowest BCUT2D eigenvalue weighted by Gasteiger charge is -2.33. The van der Waals surface area contributed by atoms with Gasteiger partial charge < -0.3 is 0 Å². The first-order chi connectivity index (χ1) is 8.75. The second-order valence-corrected chi connectivity index (χ2v) is 6.58. The van der Waals surface area contributed by atoms with Gasteiger partial charge in [0.1, 0.15) is 0 Å². The van der Waals surface area contributed by atoms with Gasteiger partial charge in [0.15, 0.2) is 0 Å². The van der Waals surface area contributed by atoms with Gasteiger partial charge in [0.2, 0.25) is 6.21 Å². The summed E-state index contributed by atoms with van der Waals surface area (Å²) < 4.78 is 2.10. The summed E-state index contributed by atoms with van der Waals surface area (Å²) in [6.07, 6.45) is 16.0. The number of hydrogen-bond acceptors (Lipinski definition) is 1. The fourth-order valence-corrected chi connectivity index (χ4v) is 4.61. The van der Waals surface area contributed by atoms with Gasteiger partial charge in [-0.15, -0.1) is 4.58 Å². The molecule has 0 aromatic rings. The van der Waals surface area contributed by atoms with Crippen molar-refractivity contribution in [1.82, 2.24) is 0 Å². The molecule has 0 atom stereocenters. The van der Waals surface area contributed by atoms with Crippen molar-refractivity contribution in [3.63, 3.8) is 0 Å². The van der Waals surface area contributed by atoms with E-state index < -0.39 is 0 Å². The third kappa shape index (κ3) is 1.94. The SMILES string of the molecule is CC(=O)[N+]1=CC1(C1CCCCC1)C1CCCCC1. The quantitative estimate of drug-likeness (QED) is 0.684. The van der Waals surface area contributed by atoms with Crippen LogP contribution in [-0.4, -0.2) is 22.2 Å². The van der Waals surface area contributed by atoms with Gasteiger partial charge in [-0.2, -0.15) is 0 Å². The van der Waals surface area contributed by atoms with E-state index in [1.54, 1.807) is 6.92 Å². The maximum absolute atomic E-state index is 11.8. The minimum Gasteiger partial charge on any atom is -0.220 e. The van der Waals surface area contributed by atoms with E-state index in [0.717, 1.165) is 11.8 Å². The van der Waals surface area contributed by atoms with Crippen molar-refractivity contribution >= 4 is 12.1 Å². The molecule has 1 heterocycles. The highest BCUT2D eigenvalue weighted by molar-refractivity contribution is 5.85. The number of carbonyl (C=O) groups excluding carboxylic acids is 1. The highest BCUT2D eigenvalue weighted by Crippen LogP contribution is 2.48. The topological polar surface area (TPSA) is 20.1 Å². The highest BCUT2D eigenvalue weighted by Gasteiger charge is 2.66. The zero-order valence-corrected chi connectivity index (χ0v) is 11.7. The average molecular weight is 248 g/mol. The molecule has 2 fully saturated rings. The van der Waals surface area contributed by atoms with Crippen molar-refractivity contribution in [3.8, 4) is 0 Å². The smallest absolute Gasteiger partial charge is 0.220 e. The summed E-state index contributed by atoms with van der Waals surface area (Å²) in [6, 6.07) is 0. The van der Waals surface area contributed by atoms with Crippen LogP contribution in [0.25, 0.3) is 0 Å². The summed E-state index contributed by atoms with van der Waals surface area (Å²) in [5, 5.41) is 0. The summed E-state index contributed by atoms with van der Waals surface area (Å²) in [5.41, 5.74) is 0.187. The van der Waals surface area contributed by atoms with Crippen LogP contribution in [0.15, 0.2) is 0 Å². The third-order valence-electron chi connectivity index (χ3n) is 5.54. The van der Waals surface area contributed by atoms with Crippen molar-refractivity contribution in [1.29, 1.82) is 0 Å². The largest absolute Gasteiger partial charge is 0.384 e. The van der Waals surface area contributed by atoms with Crippen LogP contribution < -0.4 is 0 Å². The molecule has 0 bridgehead atoms. The summed E-state index contributed by atoms with van der Waals surface area (Å²) >= 11 is 0. The van der Waals surface area contributed by atoms with Crippen LogP contribution in [0.5, 0.6) is 0 Å². The Balaban J connectivity index is 1.78. The zero-order chi connectivity index (χ0) is 12.6. The predicted octanol–water partition coefficient (Wildman–Crippen LogP) is 3.53. The fraction of sp³-hybridized carbons (Fsp3) is 0.875. The van der Waals surface area contributed by atoms with Crippen LogP contribution in [0.4, 0.5) is 0 Å². The summed E-state index contributed by atoms with van der Waals surface area (Å²) in [4.78, 5) is 11.8. The van der Waals surface area contributed by atoms with Gasteiger partial charge in [-0.3, -0.25) is 0 Å². The van der Waals surface area contributed by atoms with Crippen LogP contribution in [-0.2, 0) is 4.79 Å². The molecule has 0 spiro atoms. The van der Waals surface area contributed by atoms with Gasteiger partial charge in [0, 0.05) is 11.8 Å². The first kappa shape index (κ1) is 12.4. The van der Waals surface area contributed by atoms with E-state index in [4.69, 9.17) is 0 Å². The first-order valence-corrected chi connectivity index (χ1v) is 7.91. The van der Waals surface area contributed by atoms with Crippen LogP contribution in [0.1, 0.15) is 71.1 Å². The lowest BCUT2D eigenvalue weighted by Crippen LogP contribution is -2.43. The van der Waals surface area contributed by atoms with Gasteiger partial charge in [-0.25, -0.2) is 4.79 Å².